The number of ether oxygens (including phenoxy) is 2. The maximum absolute atomic E-state index is 14.6. The van der Waals surface area contributed by atoms with Crippen LogP contribution >= 0.6 is 0 Å². The lowest BCUT2D eigenvalue weighted by Crippen LogP contribution is -3.00. The van der Waals surface area contributed by atoms with Gasteiger partial charge in [-0.25, -0.2) is 9.13 Å². The molecule has 4 aromatic rings. The van der Waals surface area contributed by atoms with Gasteiger partial charge in [-0.05, 0) is 11.1 Å². The largest absolute Gasteiger partial charge is 1.00 e. The zero-order valence-corrected chi connectivity index (χ0v) is 31.0. The Morgan fingerprint density at radius 3 is 1.02 bits per heavy atom. The molecule has 6 rings (SSSR count). The molecule has 0 fully saturated rings. The van der Waals surface area contributed by atoms with Crippen molar-refractivity contribution in [2.75, 3.05) is 0 Å². The fourth-order valence-electron chi connectivity index (χ4n) is 5.29. The van der Waals surface area contributed by atoms with Crippen molar-refractivity contribution in [2.45, 2.75) is 36.7 Å². The molecule has 0 aliphatic carbocycles. The average molecular weight is 966 g/mol. The zero-order valence-electron chi connectivity index (χ0n) is 26.6. The van der Waals surface area contributed by atoms with E-state index < -0.39 is 59.6 Å². The molecule has 2 atom stereocenters. The molecule has 2 N–H and O–H groups in total. The fraction of sp³-hybridized carbons (Fsp3) is 0.235. The van der Waals surface area contributed by atoms with E-state index in [2.05, 4.69) is 10.6 Å². The van der Waals surface area contributed by atoms with Crippen LogP contribution in [0.2, 0.25) is 0 Å². The molecule has 2 aromatic carbocycles. The predicted octanol–water partition coefficient (Wildman–Crippen LogP) is 1.38. The minimum Gasteiger partial charge on any atom is -1.00 e. The SMILES string of the molecule is C[n+]1ccc(C2=C(C(F)(F)C(F)(F)F)OC(c3ccc(-c4ccc(C5NC(c6cc[n+](C)cc6)=C(C(F)(F)C(F)(F)F)O5)cc4)cc3)N2)cc1.[I-].[I-]. The molecule has 18 heteroatoms. The fourth-order valence-corrected chi connectivity index (χ4v) is 5.29. The molecule has 2 aliphatic heterocycles. The van der Waals surface area contributed by atoms with Crippen molar-refractivity contribution in [2.24, 2.45) is 14.1 Å². The van der Waals surface area contributed by atoms with Crippen LogP contribution in [0.1, 0.15) is 34.7 Å². The Morgan fingerprint density at radius 1 is 0.462 bits per heavy atom. The van der Waals surface area contributed by atoms with E-state index in [9.17, 15) is 43.9 Å². The molecule has 0 spiro atoms. The molecule has 2 unspecified atom stereocenters. The van der Waals surface area contributed by atoms with E-state index in [4.69, 9.17) is 9.47 Å². The Balaban J connectivity index is 0.00000302. The van der Waals surface area contributed by atoms with E-state index in [0.717, 1.165) is 0 Å². The number of aryl methyl sites for hydroxylation is 2. The van der Waals surface area contributed by atoms with Crippen LogP contribution in [0.15, 0.2) is 109 Å². The molecule has 4 heterocycles. The molecule has 0 saturated heterocycles. The van der Waals surface area contributed by atoms with Gasteiger partial charge in [-0.1, -0.05) is 48.5 Å². The quantitative estimate of drug-likeness (QED) is 0.167. The number of hydrogen-bond donors (Lipinski definition) is 2. The summed E-state index contributed by atoms with van der Waals surface area (Å²) in [6.07, 6.45) is -8.70. The lowest BCUT2D eigenvalue weighted by Gasteiger charge is -2.22. The molecule has 0 radical (unpaired) electrons. The van der Waals surface area contributed by atoms with Crippen molar-refractivity contribution in [1.82, 2.24) is 10.6 Å². The van der Waals surface area contributed by atoms with Gasteiger partial charge in [0.1, 0.15) is 14.1 Å². The predicted molar refractivity (Wildman–Crippen MR) is 157 cm³/mol. The Bertz CT molecular complexity index is 1810. The number of alkyl halides is 10. The molecule has 278 valence electrons. The molecule has 0 saturated carbocycles. The Hall–Kier alpha value is -3.82. The van der Waals surface area contributed by atoms with E-state index >= 15 is 0 Å². The molecule has 52 heavy (non-hydrogen) atoms. The van der Waals surface area contributed by atoms with Crippen LogP contribution in [-0.2, 0) is 23.6 Å². The number of allylic oxidation sites excluding steroid dienone is 2. The lowest BCUT2D eigenvalue weighted by molar-refractivity contribution is -0.671. The van der Waals surface area contributed by atoms with Crippen LogP contribution < -0.4 is 67.7 Å². The first-order chi connectivity index (χ1) is 23.4. The molecule has 2 aliphatic rings. The Kier molecular flexibility index (Phi) is 11.7. The highest BCUT2D eigenvalue weighted by atomic mass is 127. The van der Waals surface area contributed by atoms with Gasteiger partial charge in [0, 0.05) is 46.5 Å². The number of nitrogens with one attached hydrogen (secondary N) is 2. The van der Waals surface area contributed by atoms with Crippen molar-refractivity contribution < 1.29 is 110 Å². The number of benzene rings is 2. The van der Waals surface area contributed by atoms with Crippen molar-refractivity contribution in [3.8, 4) is 11.1 Å². The van der Waals surface area contributed by atoms with Gasteiger partial charge in [-0.2, -0.15) is 43.9 Å². The van der Waals surface area contributed by atoms with Crippen molar-refractivity contribution in [3.05, 3.63) is 131 Å². The van der Waals surface area contributed by atoms with E-state index in [1.54, 1.807) is 47.5 Å². The van der Waals surface area contributed by atoms with Crippen LogP contribution in [0.4, 0.5) is 43.9 Å². The van der Waals surface area contributed by atoms with Crippen LogP contribution in [0.5, 0.6) is 0 Å². The number of hydrogen-bond acceptors (Lipinski definition) is 4. The highest BCUT2D eigenvalue weighted by Gasteiger charge is 2.65. The summed E-state index contributed by atoms with van der Waals surface area (Å²) in [5.74, 6) is -13.7. The van der Waals surface area contributed by atoms with Crippen molar-refractivity contribution >= 4 is 11.4 Å². The monoisotopic (exact) mass is 966 g/mol. The van der Waals surface area contributed by atoms with E-state index in [1.165, 1.54) is 73.3 Å². The molecular weight excluding hydrogens is 940 g/mol. The number of aromatic nitrogens is 2. The van der Waals surface area contributed by atoms with Gasteiger partial charge in [-0.15, -0.1) is 0 Å². The summed E-state index contributed by atoms with van der Waals surface area (Å²) >= 11 is 0. The normalized spacial score (nSPS) is 17.8. The first-order valence-corrected chi connectivity index (χ1v) is 14.7. The third-order valence-corrected chi connectivity index (χ3v) is 8.05. The Morgan fingerprint density at radius 2 is 0.750 bits per heavy atom. The smallest absolute Gasteiger partial charge is 0.461 e. The molecule has 2 aromatic heterocycles. The van der Waals surface area contributed by atoms with Crippen LogP contribution in [-0.4, -0.2) is 24.2 Å². The van der Waals surface area contributed by atoms with Crippen molar-refractivity contribution in [3.63, 3.8) is 0 Å². The van der Waals surface area contributed by atoms with Crippen LogP contribution in [0, 0.1) is 0 Å². The average Bonchev–Trinajstić information content (AvgIpc) is 3.72. The molecule has 0 amide bonds. The summed E-state index contributed by atoms with van der Waals surface area (Å²) in [6, 6.07) is 17.5. The van der Waals surface area contributed by atoms with Gasteiger partial charge in [0.05, 0.1) is 11.4 Å². The third kappa shape index (κ3) is 7.76. The summed E-state index contributed by atoms with van der Waals surface area (Å²) in [6.45, 7) is 0. The maximum Gasteiger partial charge on any atom is 0.461 e. The molecule has 0 bridgehead atoms. The second kappa shape index (κ2) is 14.9. The van der Waals surface area contributed by atoms with Crippen LogP contribution in [0.3, 0.4) is 0 Å². The molecular formula is C34H26F10I2N4O2. The number of rotatable bonds is 7. The first kappa shape index (κ1) is 40.9. The standard InChI is InChI=1S/C34H26F10N4O2.2HI/c1-47-15-11-21(12-16-47)25-27(31(35,36)33(39,40)41)49-29(45-25)23-7-3-19(4-8-23)20-5-9-24(10-6-20)30-46-26(22-13-17-48(2)18-14-22)28(50-30)32(37,38)34(42,43)44;;/h3-18,29-30,45-46H,1-2H3;2*1H/q+2;;/p-2. The lowest BCUT2D eigenvalue weighted by atomic mass is 10.0. The summed E-state index contributed by atoms with van der Waals surface area (Å²) in [5, 5.41) is 5.26. The van der Waals surface area contributed by atoms with E-state index in [1.807, 2.05) is 0 Å². The summed E-state index contributed by atoms with van der Waals surface area (Å²) < 4.78 is 152. The summed E-state index contributed by atoms with van der Waals surface area (Å²) in [7, 11) is 3.29. The summed E-state index contributed by atoms with van der Waals surface area (Å²) in [5.41, 5.74) is 0.643. The second-order valence-electron chi connectivity index (χ2n) is 11.6. The number of nitrogens with zero attached hydrogens (tertiary/aromatic N) is 2. The van der Waals surface area contributed by atoms with Gasteiger partial charge < -0.3 is 68.1 Å². The second-order valence-corrected chi connectivity index (χ2v) is 11.6. The van der Waals surface area contributed by atoms with Gasteiger partial charge in [0.2, 0.25) is 11.5 Å². The topological polar surface area (TPSA) is 50.3 Å². The highest BCUT2D eigenvalue weighted by Crippen LogP contribution is 2.49. The van der Waals surface area contributed by atoms with Crippen molar-refractivity contribution in [1.29, 1.82) is 0 Å². The van der Waals surface area contributed by atoms with Gasteiger partial charge >= 0.3 is 24.2 Å². The highest BCUT2D eigenvalue weighted by molar-refractivity contribution is 5.70. The van der Waals surface area contributed by atoms with E-state index in [0.29, 0.717) is 11.1 Å². The van der Waals surface area contributed by atoms with E-state index in [-0.39, 0.29) is 70.2 Å². The third-order valence-electron chi connectivity index (χ3n) is 8.05. The van der Waals surface area contributed by atoms with Crippen LogP contribution in [0.25, 0.3) is 22.5 Å². The minimum atomic E-state index is -5.92. The maximum atomic E-state index is 14.6. The first-order valence-electron chi connectivity index (χ1n) is 14.7. The summed E-state index contributed by atoms with van der Waals surface area (Å²) in [4.78, 5) is 0. The molecule has 6 nitrogen and oxygen atoms in total. The number of halogens is 12. The Labute approximate surface area is 324 Å². The minimum absolute atomic E-state index is 0. The van der Waals surface area contributed by atoms with Gasteiger partial charge in [0.25, 0.3) is 0 Å². The van der Waals surface area contributed by atoms with Gasteiger partial charge in [0.15, 0.2) is 37.2 Å². The van der Waals surface area contributed by atoms with Gasteiger partial charge in [-0.3, -0.25) is 0 Å². The number of pyridine rings is 2. The zero-order chi connectivity index (χ0) is 36.2.